The Labute approximate surface area is 116 Å². The Morgan fingerprint density at radius 2 is 2.21 bits per heavy atom. The minimum atomic E-state index is 0.846. The second-order valence-electron chi connectivity index (χ2n) is 4.72. The van der Waals surface area contributed by atoms with Crippen LogP contribution in [-0.4, -0.2) is 26.3 Å². The quantitative estimate of drug-likeness (QED) is 0.732. The van der Waals surface area contributed by atoms with E-state index in [1.807, 2.05) is 37.5 Å². The van der Waals surface area contributed by atoms with E-state index >= 15 is 0 Å². The molecule has 0 bridgehead atoms. The van der Waals surface area contributed by atoms with Gasteiger partial charge >= 0.3 is 0 Å². The Morgan fingerprint density at radius 3 is 2.95 bits per heavy atom. The van der Waals surface area contributed by atoms with Gasteiger partial charge in [-0.2, -0.15) is 0 Å². The Balaban J connectivity index is 1.70. The fraction of sp³-hybridized carbons (Fsp3) is 0.286. The van der Waals surface area contributed by atoms with E-state index in [1.54, 1.807) is 11.3 Å². The van der Waals surface area contributed by atoms with E-state index in [4.69, 9.17) is 0 Å². The van der Waals surface area contributed by atoms with Gasteiger partial charge in [0, 0.05) is 36.6 Å². The molecule has 3 rings (SSSR count). The highest BCUT2D eigenvalue weighted by atomic mass is 32.1. The summed E-state index contributed by atoms with van der Waals surface area (Å²) in [5.74, 6) is 0. The van der Waals surface area contributed by atoms with Crippen molar-refractivity contribution >= 4 is 17.0 Å². The van der Waals surface area contributed by atoms with Crippen LogP contribution < -0.4 is 0 Å². The molecule has 0 saturated heterocycles. The standard InChI is InChI=1S/C14H16N4S/c1-11-15-7-13(19-11)10-17(2)8-12-9-18-6-4-3-5-14(18)16-12/h3-7,9H,8,10H2,1-2H3. The van der Waals surface area contributed by atoms with Gasteiger partial charge in [0.05, 0.1) is 10.7 Å². The fourth-order valence-electron chi connectivity index (χ4n) is 2.14. The number of nitrogens with zero attached hydrogens (tertiary/aromatic N) is 4. The van der Waals surface area contributed by atoms with Crippen LogP contribution in [0.1, 0.15) is 15.6 Å². The maximum absolute atomic E-state index is 4.61. The first-order valence-electron chi connectivity index (χ1n) is 6.23. The third-order valence-corrected chi connectivity index (χ3v) is 3.84. The molecule has 0 atom stereocenters. The van der Waals surface area contributed by atoms with Gasteiger partial charge in [0.1, 0.15) is 5.65 Å². The van der Waals surface area contributed by atoms with Crippen LogP contribution in [0.4, 0.5) is 0 Å². The zero-order valence-corrected chi connectivity index (χ0v) is 11.9. The van der Waals surface area contributed by atoms with Gasteiger partial charge in [-0.15, -0.1) is 11.3 Å². The van der Waals surface area contributed by atoms with Crippen LogP contribution in [0.25, 0.3) is 5.65 Å². The maximum Gasteiger partial charge on any atom is 0.137 e. The van der Waals surface area contributed by atoms with E-state index in [-0.39, 0.29) is 0 Å². The molecule has 98 valence electrons. The van der Waals surface area contributed by atoms with Crippen molar-refractivity contribution in [2.75, 3.05) is 7.05 Å². The molecule has 0 aliphatic heterocycles. The molecule has 4 nitrogen and oxygen atoms in total. The van der Waals surface area contributed by atoms with Crippen molar-refractivity contribution in [2.45, 2.75) is 20.0 Å². The van der Waals surface area contributed by atoms with Crippen LogP contribution in [-0.2, 0) is 13.1 Å². The smallest absolute Gasteiger partial charge is 0.137 e. The Bertz CT molecular complexity index is 652. The zero-order valence-electron chi connectivity index (χ0n) is 11.1. The van der Waals surface area contributed by atoms with Gasteiger partial charge in [-0.3, -0.25) is 4.90 Å². The molecule has 0 unspecified atom stereocenters. The van der Waals surface area contributed by atoms with E-state index in [0.29, 0.717) is 0 Å². The van der Waals surface area contributed by atoms with Crippen molar-refractivity contribution < 1.29 is 0 Å². The fourth-order valence-corrected chi connectivity index (χ4v) is 3.02. The molecule has 3 heterocycles. The van der Waals surface area contributed by atoms with E-state index in [9.17, 15) is 0 Å². The van der Waals surface area contributed by atoms with Crippen molar-refractivity contribution in [3.63, 3.8) is 0 Å². The van der Waals surface area contributed by atoms with Crippen molar-refractivity contribution in [1.82, 2.24) is 19.3 Å². The van der Waals surface area contributed by atoms with E-state index in [2.05, 4.69) is 32.5 Å². The normalized spacial score (nSPS) is 11.5. The second-order valence-corrected chi connectivity index (χ2v) is 6.04. The number of aryl methyl sites for hydroxylation is 1. The summed E-state index contributed by atoms with van der Waals surface area (Å²) in [6.45, 7) is 3.80. The topological polar surface area (TPSA) is 33.4 Å². The minimum absolute atomic E-state index is 0.846. The monoisotopic (exact) mass is 272 g/mol. The highest BCUT2D eigenvalue weighted by Crippen LogP contribution is 2.15. The van der Waals surface area contributed by atoms with Crippen LogP contribution in [0.3, 0.4) is 0 Å². The van der Waals surface area contributed by atoms with Gasteiger partial charge in [0.25, 0.3) is 0 Å². The average molecular weight is 272 g/mol. The molecular weight excluding hydrogens is 256 g/mol. The lowest BCUT2D eigenvalue weighted by atomic mass is 10.4. The third-order valence-electron chi connectivity index (χ3n) is 2.94. The maximum atomic E-state index is 4.61. The first kappa shape index (κ1) is 12.3. The molecule has 19 heavy (non-hydrogen) atoms. The highest BCUT2D eigenvalue weighted by molar-refractivity contribution is 7.11. The number of thiazole rings is 1. The number of pyridine rings is 1. The number of aromatic nitrogens is 3. The van der Waals surface area contributed by atoms with Crippen molar-refractivity contribution in [3.05, 3.63) is 52.4 Å². The van der Waals surface area contributed by atoms with E-state index < -0.39 is 0 Å². The highest BCUT2D eigenvalue weighted by Gasteiger charge is 2.07. The molecule has 0 aliphatic rings. The summed E-state index contributed by atoms with van der Waals surface area (Å²) in [5.41, 5.74) is 2.09. The second kappa shape index (κ2) is 5.11. The summed E-state index contributed by atoms with van der Waals surface area (Å²) in [6.07, 6.45) is 6.07. The van der Waals surface area contributed by atoms with Gasteiger partial charge in [0.2, 0.25) is 0 Å². The Hall–Kier alpha value is -1.72. The molecule has 0 saturated carbocycles. The predicted molar refractivity (Wildman–Crippen MR) is 77.2 cm³/mol. The van der Waals surface area contributed by atoms with E-state index in [1.165, 1.54) is 4.88 Å². The summed E-state index contributed by atoms with van der Waals surface area (Å²) < 4.78 is 2.06. The van der Waals surface area contributed by atoms with Gasteiger partial charge in [-0.05, 0) is 26.1 Å². The summed E-state index contributed by atoms with van der Waals surface area (Å²) in [7, 11) is 2.11. The molecule has 3 aromatic rings. The van der Waals surface area contributed by atoms with Crippen molar-refractivity contribution in [1.29, 1.82) is 0 Å². The van der Waals surface area contributed by atoms with Gasteiger partial charge < -0.3 is 4.40 Å². The molecule has 0 spiro atoms. The van der Waals surface area contributed by atoms with Crippen molar-refractivity contribution in [3.8, 4) is 0 Å². The Kier molecular flexibility index (Phi) is 3.31. The third kappa shape index (κ3) is 2.83. The lowest BCUT2D eigenvalue weighted by Gasteiger charge is -2.13. The Morgan fingerprint density at radius 1 is 1.32 bits per heavy atom. The predicted octanol–water partition coefficient (Wildman–Crippen LogP) is 2.73. The summed E-state index contributed by atoms with van der Waals surface area (Å²) in [6, 6.07) is 6.05. The molecule has 0 amide bonds. The van der Waals surface area contributed by atoms with Gasteiger partial charge in [-0.1, -0.05) is 6.07 Å². The first-order chi connectivity index (χ1) is 9.20. The minimum Gasteiger partial charge on any atom is -0.307 e. The molecule has 0 aliphatic carbocycles. The lowest BCUT2D eigenvalue weighted by molar-refractivity contribution is 0.318. The van der Waals surface area contributed by atoms with Crippen molar-refractivity contribution in [2.24, 2.45) is 0 Å². The number of rotatable bonds is 4. The summed E-state index contributed by atoms with van der Waals surface area (Å²) in [4.78, 5) is 12.4. The van der Waals surface area contributed by atoms with Crippen LogP contribution >= 0.6 is 11.3 Å². The van der Waals surface area contributed by atoms with Gasteiger partial charge in [0.15, 0.2) is 0 Å². The van der Waals surface area contributed by atoms with Gasteiger partial charge in [-0.25, -0.2) is 9.97 Å². The van der Waals surface area contributed by atoms with Crippen LogP contribution in [0.15, 0.2) is 36.8 Å². The lowest BCUT2D eigenvalue weighted by Crippen LogP contribution is -2.16. The van der Waals surface area contributed by atoms with Crippen LogP contribution in [0.2, 0.25) is 0 Å². The van der Waals surface area contributed by atoms with Crippen LogP contribution in [0, 0.1) is 6.92 Å². The number of hydrogen-bond donors (Lipinski definition) is 0. The average Bonchev–Trinajstić information content (AvgIpc) is 2.94. The molecule has 0 aromatic carbocycles. The number of fused-ring (bicyclic) bond motifs is 1. The molecule has 0 fully saturated rings. The molecule has 0 radical (unpaired) electrons. The van der Waals surface area contributed by atoms with E-state index in [0.717, 1.165) is 29.4 Å². The summed E-state index contributed by atoms with van der Waals surface area (Å²) >= 11 is 1.75. The SMILES string of the molecule is Cc1ncc(CN(C)Cc2cn3ccccc3n2)s1. The molecule has 0 N–H and O–H groups in total. The largest absolute Gasteiger partial charge is 0.307 e. The first-order valence-corrected chi connectivity index (χ1v) is 7.05. The summed E-state index contributed by atoms with van der Waals surface area (Å²) in [5, 5.41) is 1.12. The molecule has 3 aromatic heterocycles. The molecular formula is C14H16N4S. The number of hydrogen-bond acceptors (Lipinski definition) is 4. The molecule has 5 heteroatoms. The zero-order chi connectivity index (χ0) is 13.2. The van der Waals surface area contributed by atoms with Crippen LogP contribution in [0.5, 0.6) is 0 Å². The number of imidazole rings is 1.